The van der Waals surface area contributed by atoms with Crippen molar-refractivity contribution < 1.29 is 4.74 Å². The minimum atomic E-state index is 0.196. The van der Waals surface area contributed by atoms with Gasteiger partial charge in [0, 0.05) is 11.6 Å². The monoisotopic (exact) mass is 309 g/mol. The lowest BCUT2D eigenvalue weighted by atomic mass is 10.0. The van der Waals surface area contributed by atoms with Gasteiger partial charge in [0.1, 0.15) is 23.6 Å². The average Bonchev–Trinajstić information content (AvgIpc) is 2.96. The number of rotatable bonds is 2. The summed E-state index contributed by atoms with van der Waals surface area (Å²) >= 11 is 0. The molecule has 4 rings (SSSR count). The number of anilines is 1. The number of benzene rings is 1. The van der Waals surface area contributed by atoms with E-state index in [-0.39, 0.29) is 6.04 Å². The second-order valence-corrected chi connectivity index (χ2v) is 6.12. The van der Waals surface area contributed by atoms with Crippen molar-refractivity contribution in [2.45, 2.75) is 32.7 Å². The third-order valence-corrected chi connectivity index (χ3v) is 4.19. The van der Waals surface area contributed by atoms with Crippen LogP contribution in [0.5, 0.6) is 5.75 Å². The van der Waals surface area contributed by atoms with Crippen LogP contribution in [0, 0.1) is 0 Å². The molecule has 0 aliphatic carbocycles. The van der Waals surface area contributed by atoms with E-state index in [0.29, 0.717) is 5.82 Å². The van der Waals surface area contributed by atoms with E-state index in [2.05, 4.69) is 29.9 Å². The Balaban J connectivity index is 1.95. The van der Waals surface area contributed by atoms with Gasteiger partial charge in [-0.05, 0) is 50.5 Å². The number of nitrogens with two attached hydrogens (primary N) is 1. The van der Waals surface area contributed by atoms with Crippen molar-refractivity contribution in [2.24, 2.45) is 0 Å². The maximum atomic E-state index is 6.12. The molecule has 1 aliphatic heterocycles. The molecule has 0 radical (unpaired) electrons. The minimum Gasteiger partial charge on any atom is -0.493 e. The highest BCUT2D eigenvalue weighted by atomic mass is 16.5. The number of fused-ring (bicyclic) bond motifs is 2. The zero-order valence-electron chi connectivity index (χ0n) is 13.3. The Kier molecular flexibility index (Phi) is 3.18. The van der Waals surface area contributed by atoms with Gasteiger partial charge in [-0.1, -0.05) is 0 Å². The van der Waals surface area contributed by atoms with Gasteiger partial charge in [-0.25, -0.2) is 14.6 Å². The van der Waals surface area contributed by atoms with Gasteiger partial charge in [-0.15, -0.1) is 0 Å². The van der Waals surface area contributed by atoms with E-state index in [4.69, 9.17) is 15.6 Å². The van der Waals surface area contributed by atoms with Crippen molar-refractivity contribution in [3.05, 3.63) is 30.1 Å². The lowest BCUT2D eigenvalue weighted by Gasteiger charge is -2.17. The van der Waals surface area contributed by atoms with Crippen molar-refractivity contribution in [1.82, 2.24) is 19.7 Å². The quantitative estimate of drug-likeness (QED) is 0.787. The van der Waals surface area contributed by atoms with Gasteiger partial charge in [0.2, 0.25) is 0 Å². The molecule has 1 aliphatic rings. The molecule has 0 fully saturated rings. The van der Waals surface area contributed by atoms with E-state index in [0.717, 1.165) is 47.5 Å². The van der Waals surface area contributed by atoms with E-state index in [1.54, 1.807) is 0 Å². The van der Waals surface area contributed by atoms with Gasteiger partial charge in [-0.3, -0.25) is 0 Å². The molecule has 3 aromatic rings. The summed E-state index contributed by atoms with van der Waals surface area (Å²) in [6.45, 7) is 4.95. The van der Waals surface area contributed by atoms with E-state index in [1.165, 1.54) is 11.9 Å². The SMILES string of the molecule is CC(C)n1nc(-c2ccc3c(c2)CCCO3)c2c(N)ncnc21. The maximum Gasteiger partial charge on any atom is 0.164 e. The zero-order chi connectivity index (χ0) is 16.0. The Hall–Kier alpha value is -2.63. The predicted molar refractivity (Wildman–Crippen MR) is 89.4 cm³/mol. The summed E-state index contributed by atoms with van der Waals surface area (Å²) < 4.78 is 7.60. The van der Waals surface area contributed by atoms with Gasteiger partial charge in [0.05, 0.1) is 12.0 Å². The summed E-state index contributed by atoms with van der Waals surface area (Å²) in [6.07, 6.45) is 3.56. The molecular formula is C17H19N5O. The van der Waals surface area contributed by atoms with Crippen LogP contribution in [0.25, 0.3) is 22.3 Å². The third kappa shape index (κ3) is 2.21. The van der Waals surface area contributed by atoms with Gasteiger partial charge >= 0.3 is 0 Å². The van der Waals surface area contributed by atoms with Crippen LogP contribution in [0.3, 0.4) is 0 Å². The number of nitrogen functional groups attached to an aromatic ring is 1. The van der Waals surface area contributed by atoms with Crippen LogP contribution in [-0.4, -0.2) is 26.4 Å². The van der Waals surface area contributed by atoms with Crippen molar-refractivity contribution >= 4 is 16.9 Å². The molecule has 0 bridgehead atoms. The van der Waals surface area contributed by atoms with E-state index in [1.807, 2.05) is 16.8 Å². The Labute approximate surface area is 134 Å². The summed E-state index contributed by atoms with van der Waals surface area (Å²) in [6, 6.07) is 6.39. The second kappa shape index (κ2) is 5.22. The molecule has 0 atom stereocenters. The Bertz CT molecular complexity index is 884. The number of nitrogens with zero attached hydrogens (tertiary/aromatic N) is 4. The van der Waals surface area contributed by atoms with Gasteiger partial charge < -0.3 is 10.5 Å². The number of aromatic nitrogens is 4. The Morgan fingerprint density at radius 2 is 2.13 bits per heavy atom. The fourth-order valence-corrected chi connectivity index (χ4v) is 3.07. The molecule has 118 valence electrons. The lowest BCUT2D eigenvalue weighted by Crippen LogP contribution is -2.08. The number of ether oxygens (including phenoxy) is 1. The van der Waals surface area contributed by atoms with Gasteiger partial charge in [-0.2, -0.15) is 5.10 Å². The molecule has 3 heterocycles. The number of hydrogen-bond acceptors (Lipinski definition) is 5. The highest BCUT2D eigenvalue weighted by Crippen LogP contribution is 2.35. The molecule has 0 saturated heterocycles. The first-order chi connectivity index (χ1) is 11.1. The number of aryl methyl sites for hydroxylation is 1. The van der Waals surface area contributed by atoms with E-state index >= 15 is 0 Å². The van der Waals surface area contributed by atoms with Crippen LogP contribution >= 0.6 is 0 Å². The molecule has 6 heteroatoms. The van der Waals surface area contributed by atoms with Crippen LogP contribution in [0.2, 0.25) is 0 Å². The van der Waals surface area contributed by atoms with Crippen LogP contribution in [0.1, 0.15) is 31.9 Å². The van der Waals surface area contributed by atoms with Crippen LogP contribution in [0.15, 0.2) is 24.5 Å². The maximum absolute atomic E-state index is 6.12. The summed E-state index contributed by atoms with van der Waals surface area (Å²) in [7, 11) is 0. The smallest absolute Gasteiger partial charge is 0.164 e. The molecule has 23 heavy (non-hydrogen) atoms. The van der Waals surface area contributed by atoms with Crippen LogP contribution in [0.4, 0.5) is 5.82 Å². The zero-order valence-corrected chi connectivity index (χ0v) is 13.3. The standard InChI is InChI=1S/C17H19N5O/c1-10(2)22-17-14(16(18)19-9-20-17)15(21-22)12-5-6-13-11(8-12)4-3-7-23-13/h5-6,8-10H,3-4,7H2,1-2H3,(H2,18,19,20). The Morgan fingerprint density at radius 1 is 1.26 bits per heavy atom. The molecule has 0 saturated carbocycles. The van der Waals surface area contributed by atoms with E-state index < -0.39 is 0 Å². The molecule has 0 spiro atoms. The normalized spacial score (nSPS) is 14.0. The highest BCUT2D eigenvalue weighted by molar-refractivity contribution is 5.98. The summed E-state index contributed by atoms with van der Waals surface area (Å²) in [4.78, 5) is 8.52. The molecule has 2 aromatic heterocycles. The largest absolute Gasteiger partial charge is 0.493 e. The topological polar surface area (TPSA) is 78.9 Å². The summed E-state index contributed by atoms with van der Waals surface area (Å²) in [5, 5.41) is 5.58. The highest BCUT2D eigenvalue weighted by Gasteiger charge is 2.20. The van der Waals surface area contributed by atoms with Crippen molar-refractivity contribution in [3.8, 4) is 17.0 Å². The summed E-state index contributed by atoms with van der Waals surface area (Å²) in [5.41, 5.74) is 9.97. The summed E-state index contributed by atoms with van der Waals surface area (Å²) in [5.74, 6) is 1.43. The lowest BCUT2D eigenvalue weighted by molar-refractivity contribution is 0.288. The molecule has 1 aromatic carbocycles. The molecule has 0 amide bonds. The van der Waals surface area contributed by atoms with Crippen LogP contribution in [-0.2, 0) is 6.42 Å². The van der Waals surface area contributed by atoms with Crippen molar-refractivity contribution in [1.29, 1.82) is 0 Å². The molecule has 0 unspecified atom stereocenters. The predicted octanol–water partition coefficient (Wildman–Crippen LogP) is 2.98. The fraction of sp³-hybridized carbons (Fsp3) is 0.353. The first-order valence-corrected chi connectivity index (χ1v) is 7.90. The molecule has 6 nitrogen and oxygen atoms in total. The van der Waals surface area contributed by atoms with Gasteiger partial charge in [0.25, 0.3) is 0 Å². The van der Waals surface area contributed by atoms with Crippen molar-refractivity contribution in [2.75, 3.05) is 12.3 Å². The Morgan fingerprint density at radius 3 is 2.96 bits per heavy atom. The second-order valence-electron chi connectivity index (χ2n) is 6.12. The molecule has 2 N–H and O–H groups in total. The first-order valence-electron chi connectivity index (χ1n) is 7.90. The minimum absolute atomic E-state index is 0.196. The van der Waals surface area contributed by atoms with E-state index in [9.17, 15) is 0 Å². The average molecular weight is 309 g/mol. The fourth-order valence-electron chi connectivity index (χ4n) is 3.07. The van der Waals surface area contributed by atoms with Crippen molar-refractivity contribution in [3.63, 3.8) is 0 Å². The third-order valence-electron chi connectivity index (χ3n) is 4.19. The first kappa shape index (κ1) is 14.0. The van der Waals surface area contributed by atoms with Gasteiger partial charge in [0.15, 0.2) is 5.65 Å². The van der Waals surface area contributed by atoms with Crippen LogP contribution < -0.4 is 10.5 Å². The number of hydrogen-bond donors (Lipinski definition) is 1. The molecular weight excluding hydrogens is 290 g/mol.